The Hall–Kier alpha value is -2.98. The molecule has 0 aliphatic carbocycles. The van der Waals surface area contributed by atoms with Crippen molar-refractivity contribution in [3.8, 4) is 11.3 Å². The van der Waals surface area contributed by atoms with Gasteiger partial charge in [-0.1, -0.05) is 10.4 Å². The number of carbonyl (C=O) groups is 1. The number of likely N-dealkylation sites (tertiary alicyclic amines) is 1. The van der Waals surface area contributed by atoms with Crippen molar-refractivity contribution >= 4 is 22.0 Å². The zero-order valence-electron chi connectivity index (χ0n) is 23.0. The highest BCUT2D eigenvalue weighted by atomic mass is 79.9. The van der Waals surface area contributed by atoms with Gasteiger partial charge in [0.15, 0.2) is 11.6 Å². The van der Waals surface area contributed by atoms with Crippen molar-refractivity contribution < 1.29 is 42.5 Å². The zero-order valence-corrected chi connectivity index (χ0v) is 24.6. The van der Waals surface area contributed by atoms with E-state index in [1.54, 1.807) is 11.8 Å². The maximum absolute atomic E-state index is 14.6. The van der Waals surface area contributed by atoms with Crippen LogP contribution in [0.1, 0.15) is 43.2 Å². The standard InChI is InChI=1S/C27H32BrF2N5O7/c1-3-40-27(38)34-8-6-14(7-9-34)19-10-15(32-42-19)11-20-26(39-2)24(25(37)21(13-36)41-20)35-12-18(31-33-35)16-4-5-17(28)23(30)22(16)29/h4-5,10,12,14,20-21,24-26,36-37H,3,6-9,11,13H2,1-2H3/t20-,21-,24+,25+,26+/m1/s1. The third-order valence-electron chi connectivity index (χ3n) is 7.77. The van der Waals surface area contributed by atoms with Crippen LogP contribution in [-0.4, -0.2) is 99.2 Å². The number of hydrogen-bond acceptors (Lipinski definition) is 10. The molecule has 2 aliphatic rings. The van der Waals surface area contributed by atoms with Crippen molar-refractivity contribution in [1.82, 2.24) is 25.1 Å². The van der Waals surface area contributed by atoms with Crippen LogP contribution >= 0.6 is 15.9 Å². The number of aliphatic hydroxyl groups is 2. The molecular weight excluding hydrogens is 624 g/mol. The van der Waals surface area contributed by atoms with E-state index in [1.165, 1.54) is 30.1 Å². The maximum Gasteiger partial charge on any atom is 0.409 e. The Bertz CT molecular complexity index is 1380. The lowest BCUT2D eigenvalue weighted by molar-refractivity contribution is -0.212. The predicted molar refractivity (Wildman–Crippen MR) is 145 cm³/mol. The number of benzene rings is 1. The van der Waals surface area contributed by atoms with Gasteiger partial charge in [-0.15, -0.1) is 5.10 Å². The van der Waals surface area contributed by atoms with E-state index in [2.05, 4.69) is 31.4 Å². The minimum absolute atomic E-state index is 0.0257. The summed E-state index contributed by atoms with van der Waals surface area (Å²) in [5.74, 6) is -1.37. The fourth-order valence-electron chi connectivity index (χ4n) is 5.58. The lowest BCUT2D eigenvalue weighted by atomic mass is 9.90. The first kappa shape index (κ1) is 30.5. The summed E-state index contributed by atoms with van der Waals surface area (Å²) >= 11 is 2.96. The van der Waals surface area contributed by atoms with Gasteiger partial charge in [-0.05, 0) is 47.8 Å². The number of carbonyl (C=O) groups excluding carboxylic acids is 1. The molecule has 4 heterocycles. The summed E-state index contributed by atoms with van der Waals surface area (Å²) in [6, 6.07) is 3.69. The van der Waals surface area contributed by atoms with Crippen LogP contribution in [0.4, 0.5) is 13.6 Å². The topological polar surface area (TPSA) is 145 Å². The SMILES string of the molecule is CCOC(=O)N1CCC(c2cc(C[C@H]3O[C@H](CO)[C@H](O)[C@H](n4cc(-c5ccc(Br)c(F)c5F)nn4)[C@H]3OC)no2)CC1. The molecule has 1 amide bonds. The molecule has 12 nitrogen and oxygen atoms in total. The second-order valence-electron chi connectivity index (χ2n) is 10.3. The molecule has 3 aromatic rings. The largest absolute Gasteiger partial charge is 0.450 e. The van der Waals surface area contributed by atoms with Gasteiger partial charge in [0.1, 0.15) is 35.8 Å². The highest BCUT2D eigenvalue weighted by molar-refractivity contribution is 9.10. The second-order valence-corrected chi connectivity index (χ2v) is 11.1. The van der Waals surface area contributed by atoms with Gasteiger partial charge < -0.3 is 33.8 Å². The molecule has 5 rings (SSSR count). The van der Waals surface area contributed by atoms with Gasteiger partial charge in [0.25, 0.3) is 0 Å². The molecule has 0 spiro atoms. The lowest BCUT2D eigenvalue weighted by Crippen LogP contribution is -2.57. The number of ether oxygens (including phenoxy) is 3. The summed E-state index contributed by atoms with van der Waals surface area (Å²) in [6.45, 7) is 2.71. The number of hydrogen-bond donors (Lipinski definition) is 2. The van der Waals surface area contributed by atoms with E-state index in [9.17, 15) is 23.8 Å². The number of halogens is 3. The molecule has 0 unspecified atom stereocenters. The van der Waals surface area contributed by atoms with Crippen LogP contribution in [-0.2, 0) is 20.6 Å². The summed E-state index contributed by atoms with van der Waals surface area (Å²) in [5.41, 5.74) is 0.541. The highest BCUT2D eigenvalue weighted by Crippen LogP contribution is 2.36. The molecule has 0 saturated carbocycles. The van der Waals surface area contributed by atoms with E-state index in [4.69, 9.17) is 18.7 Å². The fourth-order valence-corrected chi connectivity index (χ4v) is 5.89. The third-order valence-corrected chi connectivity index (χ3v) is 8.39. The van der Waals surface area contributed by atoms with E-state index in [0.29, 0.717) is 44.0 Å². The van der Waals surface area contributed by atoms with Crippen LogP contribution in [0.2, 0.25) is 0 Å². The molecule has 2 N–H and O–H groups in total. The number of aliphatic hydroxyl groups excluding tert-OH is 2. The molecule has 42 heavy (non-hydrogen) atoms. The molecule has 228 valence electrons. The van der Waals surface area contributed by atoms with Gasteiger partial charge in [0.05, 0.1) is 35.7 Å². The smallest absolute Gasteiger partial charge is 0.409 e. The molecule has 2 saturated heterocycles. The van der Waals surface area contributed by atoms with Crippen molar-refractivity contribution in [3.63, 3.8) is 0 Å². The van der Waals surface area contributed by atoms with Crippen LogP contribution in [0, 0.1) is 11.6 Å². The number of piperidine rings is 1. The van der Waals surface area contributed by atoms with E-state index >= 15 is 0 Å². The van der Waals surface area contributed by atoms with Gasteiger partial charge in [-0.3, -0.25) is 0 Å². The van der Waals surface area contributed by atoms with Crippen molar-refractivity contribution in [3.05, 3.63) is 52.0 Å². The van der Waals surface area contributed by atoms with E-state index in [0.717, 1.165) is 0 Å². The number of rotatable bonds is 8. The fraction of sp³-hybridized carbons (Fsp3) is 0.556. The summed E-state index contributed by atoms with van der Waals surface area (Å²) in [6.07, 6.45) is -1.00. The number of nitrogens with zero attached hydrogens (tertiary/aromatic N) is 5. The first-order valence-corrected chi connectivity index (χ1v) is 14.4. The van der Waals surface area contributed by atoms with E-state index in [1.807, 2.05) is 6.07 Å². The molecule has 0 radical (unpaired) electrons. The molecule has 0 bridgehead atoms. The van der Waals surface area contributed by atoms with Crippen molar-refractivity contribution in [2.45, 2.75) is 62.6 Å². The minimum Gasteiger partial charge on any atom is -0.450 e. The molecule has 15 heteroatoms. The van der Waals surface area contributed by atoms with Gasteiger partial charge in [-0.2, -0.15) is 0 Å². The van der Waals surface area contributed by atoms with Crippen LogP contribution < -0.4 is 0 Å². The number of methoxy groups -OCH3 is 1. The van der Waals surface area contributed by atoms with E-state index < -0.39 is 48.7 Å². The Morgan fingerprint density at radius 1 is 1.21 bits per heavy atom. The van der Waals surface area contributed by atoms with Crippen LogP contribution in [0.15, 0.2) is 33.4 Å². The Kier molecular flexibility index (Phi) is 9.52. The van der Waals surface area contributed by atoms with Gasteiger partial charge >= 0.3 is 6.09 Å². The summed E-state index contributed by atoms with van der Waals surface area (Å²) in [5, 5.41) is 33.4. The first-order chi connectivity index (χ1) is 20.2. The van der Waals surface area contributed by atoms with Gasteiger partial charge in [0.2, 0.25) is 0 Å². The second kappa shape index (κ2) is 13.1. The Morgan fingerprint density at radius 3 is 2.67 bits per heavy atom. The van der Waals surface area contributed by atoms with Crippen LogP contribution in [0.5, 0.6) is 0 Å². The summed E-state index contributed by atoms with van der Waals surface area (Å²) in [4.78, 5) is 13.7. The average molecular weight is 656 g/mol. The number of amides is 1. The molecule has 2 aromatic heterocycles. The van der Waals surface area contributed by atoms with Crippen molar-refractivity contribution in [2.24, 2.45) is 0 Å². The van der Waals surface area contributed by atoms with Gasteiger partial charge in [0, 0.05) is 44.2 Å². The Labute approximate surface area is 248 Å². The molecule has 2 aliphatic heterocycles. The lowest BCUT2D eigenvalue weighted by Gasteiger charge is -2.43. The van der Waals surface area contributed by atoms with Crippen LogP contribution in [0.3, 0.4) is 0 Å². The minimum atomic E-state index is -1.25. The Morgan fingerprint density at radius 2 is 1.98 bits per heavy atom. The summed E-state index contributed by atoms with van der Waals surface area (Å²) < 4.78 is 52.6. The van der Waals surface area contributed by atoms with Crippen molar-refractivity contribution in [2.75, 3.05) is 33.4 Å². The normalized spacial score (nSPS) is 25.1. The van der Waals surface area contributed by atoms with Gasteiger partial charge in [-0.25, -0.2) is 18.3 Å². The molecular formula is C27H32BrF2N5O7. The van der Waals surface area contributed by atoms with E-state index in [-0.39, 0.29) is 34.2 Å². The molecule has 5 atom stereocenters. The Balaban J connectivity index is 1.32. The summed E-state index contributed by atoms with van der Waals surface area (Å²) in [7, 11) is 1.45. The monoisotopic (exact) mass is 655 g/mol. The quantitative estimate of drug-likeness (QED) is 0.347. The molecule has 1 aromatic carbocycles. The number of aromatic nitrogens is 4. The highest BCUT2D eigenvalue weighted by Gasteiger charge is 2.47. The predicted octanol–water partition coefficient (Wildman–Crippen LogP) is 3.23. The van der Waals surface area contributed by atoms with Crippen molar-refractivity contribution in [1.29, 1.82) is 0 Å². The average Bonchev–Trinajstić information content (AvgIpc) is 3.67. The maximum atomic E-state index is 14.6. The zero-order chi connectivity index (χ0) is 30.0. The third kappa shape index (κ3) is 6.06. The first-order valence-electron chi connectivity index (χ1n) is 13.7. The molecule has 2 fully saturated rings. The van der Waals surface area contributed by atoms with Crippen LogP contribution in [0.25, 0.3) is 11.3 Å².